The molecule has 0 aliphatic heterocycles. The molecule has 0 saturated carbocycles. The van der Waals surface area contributed by atoms with E-state index in [1.165, 1.54) is 6.32 Å². The quantitative estimate of drug-likeness (QED) is 0.519. The highest BCUT2D eigenvalue weighted by Crippen LogP contribution is 1.85. The van der Waals surface area contributed by atoms with Crippen LogP contribution in [0.3, 0.4) is 0 Å². The van der Waals surface area contributed by atoms with Gasteiger partial charge in [-0.1, -0.05) is 20.0 Å². The highest BCUT2D eigenvalue weighted by atomic mass is 14.8. The lowest BCUT2D eigenvalue weighted by molar-refractivity contribution is 0.855. The van der Waals surface area contributed by atoms with Crippen molar-refractivity contribution in [1.29, 1.82) is 0 Å². The third kappa shape index (κ3) is 6.02. The molecule has 0 bridgehead atoms. The molecule has 0 spiro atoms. The predicted octanol–water partition coefficient (Wildman–Crippen LogP) is 0.960. The van der Waals surface area contributed by atoms with Crippen LogP contribution < -0.4 is 5.32 Å². The van der Waals surface area contributed by atoms with Gasteiger partial charge in [0, 0.05) is 0 Å². The van der Waals surface area contributed by atoms with Gasteiger partial charge in [0.2, 0.25) is 0 Å². The summed E-state index contributed by atoms with van der Waals surface area (Å²) in [5.74, 6) is 0. The van der Waals surface area contributed by atoms with Crippen molar-refractivity contribution in [2.75, 3.05) is 13.6 Å². The van der Waals surface area contributed by atoms with Gasteiger partial charge in [-0.05, 0) is 13.6 Å². The summed E-state index contributed by atoms with van der Waals surface area (Å²) >= 11 is 0. The molecule has 42 valence electrons. The van der Waals surface area contributed by atoms with Gasteiger partial charge in [0.05, 0.1) is 0 Å². The zero-order valence-corrected chi connectivity index (χ0v) is 5.49. The fraction of sp³-hybridized carbons (Fsp3) is 1.00. The van der Waals surface area contributed by atoms with Crippen molar-refractivity contribution >= 4 is 6.71 Å². The summed E-state index contributed by atoms with van der Waals surface area (Å²) in [4.78, 5) is 0. The smallest absolute Gasteiger partial charge is 0.134 e. The minimum Gasteiger partial charge on any atom is -0.320 e. The summed E-state index contributed by atoms with van der Waals surface area (Å²) < 4.78 is 0. The second-order valence-corrected chi connectivity index (χ2v) is 2.29. The number of rotatable bonds is 3. The van der Waals surface area contributed by atoms with Crippen molar-refractivity contribution in [3.8, 4) is 0 Å². The number of nitrogens with one attached hydrogen (secondary N) is 1. The third-order valence-corrected chi connectivity index (χ3v) is 0.972. The Bertz CT molecular complexity index is 37.1. The summed E-state index contributed by atoms with van der Waals surface area (Å²) in [5.41, 5.74) is 0. The van der Waals surface area contributed by atoms with Gasteiger partial charge >= 0.3 is 0 Å². The molecule has 0 aliphatic carbocycles. The van der Waals surface area contributed by atoms with Gasteiger partial charge in [-0.25, -0.2) is 0 Å². The lowest BCUT2D eigenvalue weighted by atomic mass is 9.52. The van der Waals surface area contributed by atoms with Crippen LogP contribution in [0.4, 0.5) is 0 Å². The van der Waals surface area contributed by atoms with E-state index in [1.807, 2.05) is 7.05 Å². The first-order chi connectivity index (χ1) is 3.27. The van der Waals surface area contributed by atoms with Crippen molar-refractivity contribution in [3.05, 3.63) is 0 Å². The van der Waals surface area contributed by atoms with Crippen LogP contribution in [0.15, 0.2) is 0 Å². The largest absolute Gasteiger partial charge is 0.320 e. The van der Waals surface area contributed by atoms with Gasteiger partial charge in [0.15, 0.2) is 0 Å². The molecule has 0 aliphatic rings. The highest BCUT2D eigenvalue weighted by Gasteiger charge is 1.93. The molecule has 0 aromatic heterocycles. The standard InChI is InChI=1S/C5H14BN/c1-6(2)4-5-7-3/h7H,4-5H2,1-3H3. The molecule has 0 radical (unpaired) electrons. The molecule has 0 aromatic carbocycles. The van der Waals surface area contributed by atoms with E-state index >= 15 is 0 Å². The van der Waals surface area contributed by atoms with E-state index in [9.17, 15) is 0 Å². The van der Waals surface area contributed by atoms with E-state index in [0.29, 0.717) is 0 Å². The zero-order valence-electron chi connectivity index (χ0n) is 5.49. The van der Waals surface area contributed by atoms with Crippen LogP contribution in [-0.4, -0.2) is 20.3 Å². The van der Waals surface area contributed by atoms with Gasteiger partial charge in [-0.15, -0.1) is 0 Å². The molecule has 1 N–H and O–H groups in total. The molecule has 0 fully saturated rings. The van der Waals surface area contributed by atoms with Crippen LogP contribution in [0.25, 0.3) is 0 Å². The number of hydrogen-bond donors (Lipinski definition) is 1. The lowest BCUT2D eigenvalue weighted by Crippen LogP contribution is -2.13. The molecular formula is C5H14BN. The molecule has 0 amide bonds. The summed E-state index contributed by atoms with van der Waals surface area (Å²) in [6.45, 7) is 6.46. The molecule has 1 nitrogen and oxygen atoms in total. The van der Waals surface area contributed by atoms with E-state index < -0.39 is 0 Å². The third-order valence-electron chi connectivity index (χ3n) is 0.972. The molecule has 0 aromatic rings. The van der Waals surface area contributed by atoms with E-state index in [1.54, 1.807) is 0 Å². The molecular weight excluding hydrogens is 84.9 g/mol. The van der Waals surface area contributed by atoms with Crippen molar-refractivity contribution < 1.29 is 0 Å². The first kappa shape index (κ1) is 7.02. The molecule has 0 rings (SSSR count). The van der Waals surface area contributed by atoms with E-state index in [-0.39, 0.29) is 0 Å². The maximum atomic E-state index is 3.10. The van der Waals surface area contributed by atoms with Crippen molar-refractivity contribution in [1.82, 2.24) is 5.32 Å². The second kappa shape index (κ2) is 4.19. The Morgan fingerprint density at radius 1 is 1.43 bits per heavy atom. The van der Waals surface area contributed by atoms with E-state index in [0.717, 1.165) is 13.3 Å². The van der Waals surface area contributed by atoms with Gasteiger partial charge in [0.25, 0.3) is 0 Å². The van der Waals surface area contributed by atoms with Crippen LogP contribution in [0.1, 0.15) is 0 Å². The first-order valence-electron chi connectivity index (χ1n) is 2.92. The monoisotopic (exact) mass is 99.1 g/mol. The van der Waals surface area contributed by atoms with Crippen molar-refractivity contribution in [2.24, 2.45) is 0 Å². The summed E-state index contributed by atoms with van der Waals surface area (Å²) in [5, 5.41) is 3.10. The normalized spacial score (nSPS) is 9.00. The number of hydrogen-bond acceptors (Lipinski definition) is 1. The van der Waals surface area contributed by atoms with Gasteiger partial charge in [-0.3, -0.25) is 0 Å². The SMILES string of the molecule is CNCCB(C)C. The minimum atomic E-state index is 0.840. The van der Waals surface area contributed by atoms with Gasteiger partial charge in [-0.2, -0.15) is 0 Å². The summed E-state index contributed by atoms with van der Waals surface area (Å²) in [6, 6.07) is 0. The summed E-state index contributed by atoms with van der Waals surface area (Å²) in [6.07, 6.45) is 1.29. The molecule has 0 atom stereocenters. The molecule has 7 heavy (non-hydrogen) atoms. The van der Waals surface area contributed by atoms with Crippen LogP contribution in [0.2, 0.25) is 20.0 Å². The Labute approximate surface area is 46.6 Å². The van der Waals surface area contributed by atoms with Crippen LogP contribution in [0.5, 0.6) is 0 Å². The Hall–Kier alpha value is 0.0249. The average molecular weight is 99.0 g/mol. The average Bonchev–Trinajstić information content (AvgIpc) is 1.61. The first-order valence-corrected chi connectivity index (χ1v) is 2.92. The fourth-order valence-electron chi connectivity index (χ4n) is 0.433. The maximum absolute atomic E-state index is 3.10. The fourth-order valence-corrected chi connectivity index (χ4v) is 0.433. The van der Waals surface area contributed by atoms with E-state index in [2.05, 4.69) is 19.0 Å². The zero-order chi connectivity index (χ0) is 5.70. The minimum absolute atomic E-state index is 0.840. The van der Waals surface area contributed by atoms with Crippen molar-refractivity contribution in [3.63, 3.8) is 0 Å². The molecule has 2 heteroatoms. The van der Waals surface area contributed by atoms with Gasteiger partial charge in [0.1, 0.15) is 6.71 Å². The van der Waals surface area contributed by atoms with Crippen LogP contribution in [0, 0.1) is 0 Å². The Kier molecular flexibility index (Phi) is 4.21. The second-order valence-electron chi connectivity index (χ2n) is 2.29. The van der Waals surface area contributed by atoms with Crippen LogP contribution >= 0.6 is 0 Å². The van der Waals surface area contributed by atoms with E-state index in [4.69, 9.17) is 0 Å². The Balaban J connectivity index is 2.68. The van der Waals surface area contributed by atoms with Gasteiger partial charge < -0.3 is 5.32 Å². The molecule has 0 unspecified atom stereocenters. The summed E-state index contributed by atoms with van der Waals surface area (Å²) in [7, 11) is 1.99. The Morgan fingerprint density at radius 3 is 2.14 bits per heavy atom. The van der Waals surface area contributed by atoms with Crippen molar-refractivity contribution in [2.45, 2.75) is 20.0 Å². The molecule has 0 saturated heterocycles. The lowest BCUT2D eigenvalue weighted by Gasteiger charge is -1.96. The van der Waals surface area contributed by atoms with Crippen LogP contribution in [-0.2, 0) is 0 Å². The Morgan fingerprint density at radius 2 is 2.00 bits per heavy atom. The maximum Gasteiger partial charge on any atom is 0.134 e. The molecule has 0 heterocycles. The topological polar surface area (TPSA) is 12.0 Å². The highest BCUT2D eigenvalue weighted by molar-refractivity contribution is 6.55. The predicted molar refractivity (Wildman–Crippen MR) is 36.2 cm³/mol.